The van der Waals surface area contributed by atoms with Crippen molar-refractivity contribution in [3.8, 4) is 0 Å². The molecule has 7 heteroatoms. The maximum Gasteiger partial charge on any atom is 0.251 e. The third-order valence-electron chi connectivity index (χ3n) is 6.99. The molecule has 0 saturated heterocycles. The van der Waals surface area contributed by atoms with Gasteiger partial charge in [0.2, 0.25) is 0 Å². The largest absolute Gasteiger partial charge is 0.369 e. The SMILES string of the molecule is CCN(c1cc(Cl)cc(C(=O)NCc2c(C)[nH]c(C)cc2=O)c1C)[C@H]1CC[C@H](N(C)C)CC1. The van der Waals surface area contributed by atoms with E-state index in [1.54, 1.807) is 12.1 Å². The van der Waals surface area contributed by atoms with Crippen LogP contribution in [0, 0.1) is 20.8 Å². The standard InChI is InChI=1S/C26H37ClN4O2/c1-7-31(21-10-8-20(9-11-21)30(5)6)24-14-19(27)13-22(17(24)3)26(33)28-15-23-18(4)29-16(2)12-25(23)32/h12-14,20-21H,7-11,15H2,1-6H3,(H,28,33)(H,29,32)/t20-,21-. The van der Waals surface area contributed by atoms with Crippen LogP contribution in [0.4, 0.5) is 5.69 Å². The van der Waals surface area contributed by atoms with Crippen molar-refractivity contribution in [1.29, 1.82) is 0 Å². The molecule has 2 N–H and O–H groups in total. The molecule has 0 unspecified atom stereocenters. The molecule has 1 amide bonds. The first kappa shape index (κ1) is 25.3. The Morgan fingerprint density at radius 1 is 1.09 bits per heavy atom. The van der Waals surface area contributed by atoms with E-state index >= 15 is 0 Å². The number of aryl methyl sites for hydroxylation is 2. The molecular weight excluding hydrogens is 436 g/mol. The lowest BCUT2D eigenvalue weighted by atomic mass is 9.89. The average Bonchev–Trinajstić information content (AvgIpc) is 2.75. The number of carbonyl (C=O) groups excluding carboxylic acids is 1. The molecule has 1 saturated carbocycles. The van der Waals surface area contributed by atoms with Gasteiger partial charge in [-0.1, -0.05) is 11.6 Å². The van der Waals surface area contributed by atoms with Crippen LogP contribution in [0.2, 0.25) is 5.02 Å². The summed E-state index contributed by atoms with van der Waals surface area (Å²) < 4.78 is 0. The topological polar surface area (TPSA) is 68.4 Å². The molecule has 0 bridgehead atoms. The number of nitrogens with zero attached hydrogens (tertiary/aromatic N) is 2. The minimum absolute atomic E-state index is 0.0713. The van der Waals surface area contributed by atoms with E-state index in [1.165, 1.54) is 12.8 Å². The number of nitrogens with one attached hydrogen (secondary N) is 2. The zero-order chi connectivity index (χ0) is 24.3. The third-order valence-corrected chi connectivity index (χ3v) is 7.20. The number of amides is 1. The number of aromatic nitrogens is 1. The van der Waals surface area contributed by atoms with Crippen molar-refractivity contribution in [3.63, 3.8) is 0 Å². The number of aromatic amines is 1. The van der Waals surface area contributed by atoms with Crippen LogP contribution in [0.1, 0.15) is 65.5 Å². The fourth-order valence-electron chi connectivity index (χ4n) is 5.07. The molecule has 0 aliphatic heterocycles. The number of benzene rings is 1. The first-order valence-corrected chi connectivity index (χ1v) is 12.2. The summed E-state index contributed by atoms with van der Waals surface area (Å²) in [6.45, 7) is 8.87. The van der Waals surface area contributed by atoms with Crippen molar-refractivity contribution in [2.75, 3.05) is 25.5 Å². The Morgan fingerprint density at radius 2 is 1.73 bits per heavy atom. The third kappa shape index (κ3) is 5.79. The molecule has 0 spiro atoms. The van der Waals surface area contributed by atoms with Gasteiger partial charge in [0.15, 0.2) is 5.43 Å². The number of carbonyl (C=O) groups is 1. The molecule has 1 aromatic heterocycles. The zero-order valence-corrected chi connectivity index (χ0v) is 21.5. The summed E-state index contributed by atoms with van der Waals surface area (Å²) in [5.74, 6) is -0.219. The average molecular weight is 473 g/mol. The van der Waals surface area contributed by atoms with Crippen molar-refractivity contribution in [2.24, 2.45) is 0 Å². The molecule has 3 rings (SSSR count). The van der Waals surface area contributed by atoms with Crippen LogP contribution >= 0.6 is 11.6 Å². The lowest BCUT2D eigenvalue weighted by molar-refractivity contribution is 0.0950. The molecule has 2 aromatic rings. The van der Waals surface area contributed by atoms with E-state index in [2.05, 4.69) is 41.1 Å². The van der Waals surface area contributed by atoms with Gasteiger partial charge >= 0.3 is 0 Å². The fourth-order valence-corrected chi connectivity index (χ4v) is 5.28. The first-order chi connectivity index (χ1) is 15.6. The van der Waals surface area contributed by atoms with Crippen LogP contribution in [-0.2, 0) is 6.54 Å². The fraction of sp³-hybridized carbons (Fsp3) is 0.538. The van der Waals surface area contributed by atoms with Crippen molar-refractivity contribution < 1.29 is 4.79 Å². The second-order valence-electron chi connectivity index (χ2n) is 9.41. The smallest absolute Gasteiger partial charge is 0.251 e. The number of hydrogen-bond donors (Lipinski definition) is 2. The highest BCUT2D eigenvalue weighted by Crippen LogP contribution is 2.34. The maximum atomic E-state index is 13.1. The summed E-state index contributed by atoms with van der Waals surface area (Å²) in [7, 11) is 4.31. The zero-order valence-electron chi connectivity index (χ0n) is 20.7. The van der Waals surface area contributed by atoms with Gasteiger partial charge in [-0.25, -0.2) is 0 Å². The predicted molar refractivity (Wildman–Crippen MR) is 137 cm³/mol. The van der Waals surface area contributed by atoms with Crippen LogP contribution < -0.4 is 15.6 Å². The van der Waals surface area contributed by atoms with Gasteiger partial charge in [0, 0.05) is 64.5 Å². The maximum absolute atomic E-state index is 13.1. The second kappa shape index (κ2) is 10.7. The van der Waals surface area contributed by atoms with Gasteiger partial charge in [0.25, 0.3) is 5.91 Å². The van der Waals surface area contributed by atoms with Crippen LogP contribution in [0.15, 0.2) is 23.0 Å². The normalized spacial score (nSPS) is 18.4. The first-order valence-electron chi connectivity index (χ1n) is 11.8. The van der Waals surface area contributed by atoms with Gasteiger partial charge in [-0.2, -0.15) is 0 Å². The second-order valence-corrected chi connectivity index (χ2v) is 9.85. The summed E-state index contributed by atoms with van der Waals surface area (Å²) in [6, 6.07) is 6.33. The number of pyridine rings is 1. The summed E-state index contributed by atoms with van der Waals surface area (Å²) in [5, 5.41) is 3.47. The van der Waals surface area contributed by atoms with Crippen LogP contribution in [-0.4, -0.2) is 48.5 Å². The predicted octanol–water partition coefficient (Wildman–Crippen LogP) is 4.58. The molecule has 1 aromatic carbocycles. The summed E-state index contributed by atoms with van der Waals surface area (Å²) in [6.07, 6.45) is 4.59. The number of hydrogen-bond acceptors (Lipinski definition) is 4. The van der Waals surface area contributed by atoms with E-state index in [4.69, 9.17) is 11.6 Å². The van der Waals surface area contributed by atoms with E-state index in [0.717, 1.165) is 42.0 Å². The van der Waals surface area contributed by atoms with Crippen LogP contribution in [0.3, 0.4) is 0 Å². The molecule has 1 heterocycles. The molecular formula is C26H37ClN4O2. The van der Waals surface area contributed by atoms with Crippen molar-refractivity contribution >= 4 is 23.2 Å². The molecule has 1 fully saturated rings. The Kier molecular flexibility index (Phi) is 8.24. The van der Waals surface area contributed by atoms with Gasteiger partial charge in [-0.3, -0.25) is 9.59 Å². The molecule has 6 nitrogen and oxygen atoms in total. The van der Waals surface area contributed by atoms with Crippen molar-refractivity contribution in [1.82, 2.24) is 15.2 Å². The lowest BCUT2D eigenvalue weighted by Crippen LogP contribution is -2.42. The summed E-state index contributed by atoms with van der Waals surface area (Å²) >= 11 is 6.49. The van der Waals surface area contributed by atoms with Crippen molar-refractivity contribution in [2.45, 2.75) is 72.0 Å². The minimum atomic E-state index is -0.219. The summed E-state index contributed by atoms with van der Waals surface area (Å²) in [4.78, 5) is 33.4. The quantitative estimate of drug-likeness (QED) is 0.618. The van der Waals surface area contributed by atoms with Crippen molar-refractivity contribution in [3.05, 3.63) is 61.5 Å². The minimum Gasteiger partial charge on any atom is -0.369 e. The number of rotatable bonds is 7. The Bertz CT molecular complexity index is 1050. The van der Waals surface area contributed by atoms with E-state index in [-0.39, 0.29) is 17.9 Å². The van der Waals surface area contributed by atoms with Crippen LogP contribution in [0.25, 0.3) is 0 Å². The monoisotopic (exact) mass is 472 g/mol. The van der Waals surface area contributed by atoms with E-state index in [1.807, 2.05) is 26.8 Å². The van der Waals surface area contributed by atoms with E-state index in [9.17, 15) is 9.59 Å². The van der Waals surface area contributed by atoms with Gasteiger partial charge in [0.05, 0.1) is 0 Å². The Balaban J connectivity index is 1.81. The highest BCUT2D eigenvalue weighted by molar-refractivity contribution is 6.31. The van der Waals surface area contributed by atoms with Gasteiger partial charge in [0.1, 0.15) is 0 Å². The molecule has 0 atom stereocenters. The highest BCUT2D eigenvalue weighted by Gasteiger charge is 2.28. The molecule has 33 heavy (non-hydrogen) atoms. The number of H-pyrrole nitrogens is 1. The van der Waals surface area contributed by atoms with Gasteiger partial charge in [-0.15, -0.1) is 0 Å². The van der Waals surface area contributed by atoms with Gasteiger partial charge < -0.3 is 20.1 Å². The number of anilines is 1. The van der Waals surface area contributed by atoms with E-state index < -0.39 is 0 Å². The Labute approximate surface area is 202 Å². The molecule has 180 valence electrons. The molecule has 1 aliphatic carbocycles. The lowest BCUT2D eigenvalue weighted by Gasteiger charge is -2.40. The highest BCUT2D eigenvalue weighted by atomic mass is 35.5. The Hall–Kier alpha value is -2.31. The molecule has 0 radical (unpaired) electrons. The Morgan fingerprint density at radius 3 is 2.30 bits per heavy atom. The van der Waals surface area contributed by atoms with Crippen LogP contribution in [0.5, 0.6) is 0 Å². The van der Waals surface area contributed by atoms with E-state index in [0.29, 0.717) is 28.2 Å². The molecule has 1 aliphatic rings. The number of halogens is 1. The van der Waals surface area contributed by atoms with Gasteiger partial charge in [-0.05, 0) is 85.2 Å². The summed E-state index contributed by atoms with van der Waals surface area (Å²) in [5.41, 5.74) is 4.58.